The van der Waals surface area contributed by atoms with Crippen LogP contribution in [0.4, 0.5) is 0 Å². The molecule has 3 aromatic rings. The van der Waals surface area contributed by atoms with Crippen molar-refractivity contribution < 1.29 is 23.8 Å². The third-order valence-corrected chi connectivity index (χ3v) is 4.29. The predicted octanol–water partition coefficient (Wildman–Crippen LogP) is 2.95. The molecule has 0 saturated heterocycles. The summed E-state index contributed by atoms with van der Waals surface area (Å²) >= 11 is 0. The van der Waals surface area contributed by atoms with E-state index in [0.29, 0.717) is 33.7 Å². The molecule has 1 atom stereocenters. The quantitative estimate of drug-likeness (QED) is 0.801. The first-order chi connectivity index (χ1) is 11.1. The Morgan fingerprint density at radius 2 is 1.87 bits per heavy atom. The maximum atomic E-state index is 12.1. The van der Waals surface area contributed by atoms with E-state index >= 15 is 0 Å². The van der Waals surface area contributed by atoms with Gasteiger partial charge in [-0.3, -0.25) is 4.79 Å². The standard InChI is InChI=1S/C17H13NO5/c1-17(16(19)20,10-2-4-13-12(6-10)18-8-21-13)11-3-5-14-15(7-11)23-9-22-14/h2-8H,9H2,1H3,(H,19,20). The first kappa shape index (κ1) is 13.6. The van der Waals surface area contributed by atoms with Gasteiger partial charge in [-0.05, 0) is 42.3 Å². The molecule has 1 unspecified atom stereocenters. The number of nitrogens with zero attached hydrogens (tertiary/aromatic N) is 1. The van der Waals surface area contributed by atoms with E-state index in [1.165, 1.54) is 6.39 Å². The average Bonchev–Trinajstić information content (AvgIpc) is 3.20. The highest BCUT2D eigenvalue weighted by Crippen LogP contribution is 2.40. The highest BCUT2D eigenvalue weighted by atomic mass is 16.7. The van der Waals surface area contributed by atoms with Crippen LogP contribution in [0.2, 0.25) is 0 Å². The lowest BCUT2D eigenvalue weighted by atomic mass is 9.76. The van der Waals surface area contributed by atoms with Gasteiger partial charge in [0.05, 0.1) is 0 Å². The van der Waals surface area contributed by atoms with Crippen molar-refractivity contribution in [2.24, 2.45) is 0 Å². The van der Waals surface area contributed by atoms with Gasteiger partial charge in [-0.25, -0.2) is 4.98 Å². The fourth-order valence-corrected chi connectivity index (χ4v) is 2.79. The van der Waals surface area contributed by atoms with Gasteiger partial charge in [0.15, 0.2) is 23.5 Å². The molecule has 6 heteroatoms. The van der Waals surface area contributed by atoms with E-state index in [0.717, 1.165) is 0 Å². The minimum Gasteiger partial charge on any atom is -0.480 e. The highest BCUT2D eigenvalue weighted by Gasteiger charge is 2.38. The van der Waals surface area contributed by atoms with E-state index in [4.69, 9.17) is 13.9 Å². The second kappa shape index (κ2) is 4.74. The number of ether oxygens (including phenoxy) is 2. The summed E-state index contributed by atoms with van der Waals surface area (Å²) in [5, 5.41) is 9.89. The van der Waals surface area contributed by atoms with Crippen molar-refractivity contribution in [2.45, 2.75) is 12.3 Å². The van der Waals surface area contributed by atoms with Crippen LogP contribution in [0, 0.1) is 0 Å². The van der Waals surface area contributed by atoms with E-state index in [-0.39, 0.29) is 6.79 Å². The van der Waals surface area contributed by atoms with Gasteiger partial charge < -0.3 is 19.0 Å². The SMILES string of the molecule is CC(C(=O)O)(c1ccc2c(c1)OCO2)c1ccc2ocnc2c1. The number of aliphatic carboxylic acids is 1. The number of carboxylic acids is 1. The summed E-state index contributed by atoms with van der Waals surface area (Å²) in [5.41, 5.74) is 1.22. The Morgan fingerprint density at radius 3 is 2.70 bits per heavy atom. The number of hydrogen-bond donors (Lipinski definition) is 1. The van der Waals surface area contributed by atoms with Crippen molar-refractivity contribution in [2.75, 3.05) is 6.79 Å². The molecule has 1 aliphatic rings. The first-order valence-corrected chi connectivity index (χ1v) is 7.06. The van der Waals surface area contributed by atoms with Crippen molar-refractivity contribution >= 4 is 17.1 Å². The maximum absolute atomic E-state index is 12.1. The molecule has 1 aromatic heterocycles. The molecule has 0 amide bonds. The Kier molecular flexibility index (Phi) is 2.81. The van der Waals surface area contributed by atoms with Gasteiger partial charge in [0.1, 0.15) is 10.9 Å². The summed E-state index contributed by atoms with van der Waals surface area (Å²) < 4.78 is 15.9. The van der Waals surface area contributed by atoms with Crippen LogP contribution >= 0.6 is 0 Å². The maximum Gasteiger partial charge on any atom is 0.318 e. The summed E-state index contributed by atoms with van der Waals surface area (Å²) in [5.74, 6) is 0.213. The Morgan fingerprint density at radius 1 is 1.13 bits per heavy atom. The molecule has 1 aliphatic heterocycles. The van der Waals surface area contributed by atoms with Crippen LogP contribution in [0.25, 0.3) is 11.1 Å². The second-order valence-corrected chi connectivity index (χ2v) is 5.53. The number of hydrogen-bond acceptors (Lipinski definition) is 5. The third kappa shape index (κ3) is 1.95. The lowest BCUT2D eigenvalue weighted by molar-refractivity contribution is -0.141. The molecule has 2 aromatic carbocycles. The van der Waals surface area contributed by atoms with Crippen LogP contribution in [0.5, 0.6) is 11.5 Å². The van der Waals surface area contributed by atoms with Crippen LogP contribution in [-0.2, 0) is 10.2 Å². The zero-order valence-corrected chi connectivity index (χ0v) is 12.3. The summed E-state index contributed by atoms with van der Waals surface area (Å²) in [6.07, 6.45) is 1.34. The van der Waals surface area contributed by atoms with Crippen LogP contribution in [0.3, 0.4) is 0 Å². The van der Waals surface area contributed by atoms with Crippen molar-refractivity contribution in [3.8, 4) is 11.5 Å². The molecule has 2 heterocycles. The van der Waals surface area contributed by atoms with Gasteiger partial charge in [-0.2, -0.15) is 0 Å². The molecule has 0 bridgehead atoms. The molecular weight excluding hydrogens is 298 g/mol. The Bertz CT molecular complexity index is 916. The molecule has 4 rings (SSSR count). The largest absolute Gasteiger partial charge is 0.480 e. The van der Waals surface area contributed by atoms with E-state index in [2.05, 4.69) is 4.98 Å². The predicted molar refractivity (Wildman–Crippen MR) is 80.7 cm³/mol. The van der Waals surface area contributed by atoms with Gasteiger partial charge in [0.2, 0.25) is 6.79 Å². The molecule has 0 radical (unpaired) electrons. The summed E-state index contributed by atoms with van der Waals surface area (Å²) in [6, 6.07) is 10.4. The third-order valence-electron chi connectivity index (χ3n) is 4.29. The number of aromatic nitrogens is 1. The highest BCUT2D eigenvalue weighted by molar-refractivity contribution is 5.87. The molecular formula is C17H13NO5. The molecule has 116 valence electrons. The molecule has 23 heavy (non-hydrogen) atoms. The average molecular weight is 311 g/mol. The fraction of sp³-hybridized carbons (Fsp3) is 0.176. The van der Waals surface area contributed by atoms with Gasteiger partial charge in [-0.15, -0.1) is 0 Å². The molecule has 6 nitrogen and oxygen atoms in total. The number of carboxylic acid groups (broad SMARTS) is 1. The summed E-state index contributed by atoms with van der Waals surface area (Å²) in [6.45, 7) is 1.81. The molecule has 0 aliphatic carbocycles. The lowest BCUT2D eigenvalue weighted by Gasteiger charge is -2.26. The smallest absolute Gasteiger partial charge is 0.318 e. The fourth-order valence-electron chi connectivity index (χ4n) is 2.79. The molecule has 0 fully saturated rings. The zero-order chi connectivity index (χ0) is 16.0. The minimum atomic E-state index is -1.24. The van der Waals surface area contributed by atoms with Crippen LogP contribution in [-0.4, -0.2) is 22.9 Å². The van der Waals surface area contributed by atoms with Crippen molar-refractivity contribution in [3.63, 3.8) is 0 Å². The number of carbonyl (C=O) groups is 1. The van der Waals surface area contributed by atoms with Gasteiger partial charge in [-0.1, -0.05) is 12.1 Å². The second-order valence-electron chi connectivity index (χ2n) is 5.53. The lowest BCUT2D eigenvalue weighted by Crippen LogP contribution is -2.33. The van der Waals surface area contributed by atoms with E-state index < -0.39 is 11.4 Å². The summed E-state index contributed by atoms with van der Waals surface area (Å²) in [7, 11) is 0. The number of fused-ring (bicyclic) bond motifs is 2. The van der Waals surface area contributed by atoms with Crippen molar-refractivity contribution in [3.05, 3.63) is 53.9 Å². The van der Waals surface area contributed by atoms with E-state index in [1.54, 1.807) is 43.3 Å². The minimum absolute atomic E-state index is 0.146. The topological polar surface area (TPSA) is 81.8 Å². The van der Waals surface area contributed by atoms with Gasteiger partial charge in [0, 0.05) is 0 Å². The number of oxazole rings is 1. The molecule has 0 spiro atoms. The van der Waals surface area contributed by atoms with Crippen LogP contribution in [0.15, 0.2) is 47.2 Å². The van der Waals surface area contributed by atoms with Crippen LogP contribution in [0.1, 0.15) is 18.1 Å². The van der Waals surface area contributed by atoms with Gasteiger partial charge in [0.25, 0.3) is 0 Å². The molecule has 0 saturated carbocycles. The van der Waals surface area contributed by atoms with E-state index in [9.17, 15) is 9.90 Å². The van der Waals surface area contributed by atoms with Crippen molar-refractivity contribution in [1.29, 1.82) is 0 Å². The first-order valence-electron chi connectivity index (χ1n) is 7.06. The number of rotatable bonds is 3. The Labute approximate surface area is 131 Å². The van der Waals surface area contributed by atoms with Crippen molar-refractivity contribution in [1.82, 2.24) is 4.98 Å². The Hall–Kier alpha value is -3.02. The van der Waals surface area contributed by atoms with Gasteiger partial charge >= 0.3 is 5.97 Å². The molecule has 1 N–H and O–H groups in total. The van der Waals surface area contributed by atoms with E-state index in [1.807, 2.05) is 0 Å². The van der Waals surface area contributed by atoms with Crippen LogP contribution < -0.4 is 9.47 Å². The Balaban J connectivity index is 1.89. The summed E-state index contributed by atoms with van der Waals surface area (Å²) in [4.78, 5) is 16.2. The monoisotopic (exact) mass is 311 g/mol. The zero-order valence-electron chi connectivity index (χ0n) is 12.3. The normalized spacial score (nSPS) is 15.5. The number of benzene rings is 2.